The summed E-state index contributed by atoms with van der Waals surface area (Å²) in [4.78, 5) is 10.4. The van der Waals surface area contributed by atoms with Gasteiger partial charge in [-0.3, -0.25) is 0 Å². The molecule has 0 aromatic rings. The second-order valence-electron chi connectivity index (χ2n) is 1.69. The van der Waals surface area contributed by atoms with Gasteiger partial charge in [0.15, 0.2) is 6.10 Å². The van der Waals surface area contributed by atoms with Gasteiger partial charge in [0.1, 0.15) is 6.10 Å². The molecule has 0 saturated heterocycles. The zero-order valence-corrected chi connectivity index (χ0v) is 6.21. The first-order chi connectivity index (χ1) is 4.63. The van der Waals surface area contributed by atoms with Gasteiger partial charge in [-0.05, 0) is 0 Å². The Morgan fingerprint density at radius 1 is 1.70 bits per heavy atom. The minimum Gasteiger partial charge on any atom is -0.467 e. The van der Waals surface area contributed by atoms with Crippen LogP contribution in [0, 0.1) is 0 Å². The summed E-state index contributed by atoms with van der Waals surface area (Å²) in [6.07, 6.45) is -2.79. The first-order valence-electron chi connectivity index (χ1n) is 2.63. The molecule has 2 atom stereocenters. The number of esters is 1. The van der Waals surface area contributed by atoms with Crippen molar-refractivity contribution in [2.24, 2.45) is 0 Å². The van der Waals surface area contributed by atoms with E-state index in [0.717, 1.165) is 7.11 Å². The van der Waals surface area contributed by atoms with Gasteiger partial charge in [-0.15, -0.1) is 11.6 Å². The molecule has 0 heterocycles. The van der Waals surface area contributed by atoms with Gasteiger partial charge in [-0.25, -0.2) is 4.79 Å². The Kier molecular flexibility index (Phi) is 4.34. The molecular weight excluding hydrogens is 160 g/mol. The van der Waals surface area contributed by atoms with Gasteiger partial charge >= 0.3 is 5.97 Å². The molecular formula is C5H9ClO4. The molecule has 0 saturated carbocycles. The lowest BCUT2D eigenvalue weighted by molar-refractivity contribution is -0.155. The highest BCUT2D eigenvalue weighted by molar-refractivity contribution is 6.18. The molecule has 0 fully saturated rings. The Labute approximate surface area is 63.4 Å². The van der Waals surface area contributed by atoms with E-state index in [9.17, 15) is 4.79 Å². The van der Waals surface area contributed by atoms with E-state index >= 15 is 0 Å². The molecule has 0 bridgehead atoms. The van der Waals surface area contributed by atoms with Crippen LogP contribution >= 0.6 is 11.6 Å². The summed E-state index contributed by atoms with van der Waals surface area (Å²) in [7, 11) is 1.12. The smallest absolute Gasteiger partial charge is 0.337 e. The summed E-state index contributed by atoms with van der Waals surface area (Å²) in [5, 5.41) is 17.5. The average molecular weight is 169 g/mol. The van der Waals surface area contributed by atoms with E-state index < -0.39 is 18.2 Å². The zero-order valence-electron chi connectivity index (χ0n) is 5.45. The van der Waals surface area contributed by atoms with Crippen molar-refractivity contribution in [2.75, 3.05) is 13.0 Å². The number of hydrogen-bond acceptors (Lipinski definition) is 4. The molecule has 4 nitrogen and oxygen atoms in total. The highest BCUT2D eigenvalue weighted by Crippen LogP contribution is 1.97. The zero-order chi connectivity index (χ0) is 8.15. The molecule has 2 N–H and O–H groups in total. The van der Waals surface area contributed by atoms with Crippen LogP contribution < -0.4 is 0 Å². The first kappa shape index (κ1) is 9.68. The Morgan fingerprint density at radius 3 is 2.50 bits per heavy atom. The van der Waals surface area contributed by atoms with E-state index in [2.05, 4.69) is 4.74 Å². The van der Waals surface area contributed by atoms with Gasteiger partial charge < -0.3 is 14.9 Å². The van der Waals surface area contributed by atoms with E-state index in [1.807, 2.05) is 0 Å². The predicted octanol–water partition coefficient (Wildman–Crippen LogP) is -0.880. The minimum absolute atomic E-state index is 0.198. The van der Waals surface area contributed by atoms with Crippen molar-refractivity contribution in [3.05, 3.63) is 0 Å². The lowest BCUT2D eigenvalue weighted by Gasteiger charge is -2.11. The van der Waals surface area contributed by atoms with Crippen LogP contribution in [0.3, 0.4) is 0 Å². The Balaban J connectivity index is 3.81. The molecule has 5 heteroatoms. The molecule has 0 aromatic carbocycles. The second kappa shape index (κ2) is 4.49. The standard InChI is InChI=1S/C5H9ClO4/c1-10-5(9)4(8)3(7)2-6/h3-4,7-8H,2H2,1H3/t3-,4-/m1/s1. The molecule has 0 radical (unpaired) electrons. The Morgan fingerprint density at radius 2 is 2.20 bits per heavy atom. The number of alkyl halides is 1. The van der Waals surface area contributed by atoms with Gasteiger partial charge in [0.2, 0.25) is 0 Å². The summed E-state index contributed by atoms with van der Waals surface area (Å²) in [5.74, 6) is -1.08. The average Bonchev–Trinajstić information content (AvgIpc) is 2.00. The van der Waals surface area contributed by atoms with Crippen LogP contribution in [0.15, 0.2) is 0 Å². The van der Waals surface area contributed by atoms with Gasteiger partial charge in [0.25, 0.3) is 0 Å². The van der Waals surface area contributed by atoms with Crippen molar-refractivity contribution in [2.45, 2.75) is 12.2 Å². The molecule has 0 amide bonds. The fraction of sp³-hybridized carbons (Fsp3) is 0.800. The van der Waals surface area contributed by atoms with E-state index in [4.69, 9.17) is 21.8 Å². The SMILES string of the molecule is COC(=O)[C@H](O)[C@H](O)CCl. The topological polar surface area (TPSA) is 66.8 Å². The number of carbonyl (C=O) groups excluding carboxylic acids is 1. The van der Waals surface area contributed by atoms with Crippen molar-refractivity contribution < 1.29 is 19.7 Å². The third-order valence-corrected chi connectivity index (χ3v) is 1.28. The quantitative estimate of drug-likeness (QED) is 0.424. The summed E-state index contributed by atoms with van der Waals surface area (Å²) in [6, 6.07) is 0. The summed E-state index contributed by atoms with van der Waals surface area (Å²) in [6.45, 7) is 0. The lowest BCUT2D eigenvalue weighted by Crippen LogP contribution is -2.35. The second-order valence-corrected chi connectivity index (χ2v) is 2.00. The number of hydrogen-bond donors (Lipinski definition) is 2. The summed E-state index contributed by atoms with van der Waals surface area (Å²) in [5.41, 5.74) is 0. The fourth-order valence-electron chi connectivity index (χ4n) is 0.362. The molecule has 0 unspecified atom stereocenters. The highest BCUT2D eigenvalue weighted by Gasteiger charge is 2.23. The fourth-order valence-corrected chi connectivity index (χ4v) is 0.531. The number of aliphatic hydroxyl groups excluding tert-OH is 2. The Bertz CT molecular complexity index is 116. The van der Waals surface area contributed by atoms with E-state index in [1.165, 1.54) is 0 Å². The van der Waals surface area contributed by atoms with Crippen LogP contribution in [0.2, 0.25) is 0 Å². The molecule has 0 aliphatic rings. The van der Waals surface area contributed by atoms with Crippen molar-refractivity contribution in [3.63, 3.8) is 0 Å². The lowest BCUT2D eigenvalue weighted by atomic mass is 10.2. The van der Waals surface area contributed by atoms with E-state index in [1.54, 1.807) is 0 Å². The number of rotatable bonds is 3. The number of methoxy groups -OCH3 is 1. The number of aliphatic hydroxyl groups is 2. The number of ether oxygens (including phenoxy) is 1. The summed E-state index contributed by atoms with van der Waals surface area (Å²) >= 11 is 5.13. The third kappa shape index (κ3) is 2.51. The van der Waals surface area contributed by atoms with E-state index in [-0.39, 0.29) is 5.88 Å². The van der Waals surface area contributed by atoms with Crippen molar-refractivity contribution >= 4 is 17.6 Å². The van der Waals surface area contributed by atoms with Crippen molar-refractivity contribution in [1.29, 1.82) is 0 Å². The van der Waals surface area contributed by atoms with E-state index in [0.29, 0.717) is 0 Å². The van der Waals surface area contributed by atoms with Crippen molar-refractivity contribution in [3.8, 4) is 0 Å². The highest BCUT2D eigenvalue weighted by atomic mass is 35.5. The Hall–Kier alpha value is -0.320. The molecule has 0 aromatic heterocycles. The third-order valence-electron chi connectivity index (χ3n) is 0.965. The maximum atomic E-state index is 10.4. The van der Waals surface area contributed by atoms with Gasteiger partial charge in [-0.1, -0.05) is 0 Å². The summed E-state index contributed by atoms with van der Waals surface area (Å²) < 4.78 is 4.13. The largest absolute Gasteiger partial charge is 0.467 e. The van der Waals surface area contributed by atoms with Crippen LogP contribution in [-0.2, 0) is 9.53 Å². The van der Waals surface area contributed by atoms with Gasteiger partial charge in [-0.2, -0.15) is 0 Å². The van der Waals surface area contributed by atoms with Gasteiger partial charge in [0, 0.05) is 0 Å². The number of halogens is 1. The molecule has 0 spiro atoms. The molecule has 0 rings (SSSR count). The maximum Gasteiger partial charge on any atom is 0.337 e. The predicted molar refractivity (Wildman–Crippen MR) is 34.7 cm³/mol. The molecule has 0 aliphatic heterocycles. The first-order valence-corrected chi connectivity index (χ1v) is 3.16. The van der Waals surface area contributed by atoms with Crippen LogP contribution in [0.1, 0.15) is 0 Å². The van der Waals surface area contributed by atoms with Crippen molar-refractivity contribution in [1.82, 2.24) is 0 Å². The molecule has 0 aliphatic carbocycles. The number of carbonyl (C=O) groups is 1. The van der Waals surface area contributed by atoms with Crippen LogP contribution in [0.25, 0.3) is 0 Å². The van der Waals surface area contributed by atoms with Gasteiger partial charge in [0.05, 0.1) is 13.0 Å². The minimum atomic E-state index is -1.54. The van der Waals surface area contributed by atoms with Crippen LogP contribution in [-0.4, -0.2) is 41.4 Å². The van der Waals surface area contributed by atoms with Crippen LogP contribution in [0.4, 0.5) is 0 Å². The maximum absolute atomic E-state index is 10.4. The normalized spacial score (nSPS) is 16.0. The molecule has 10 heavy (non-hydrogen) atoms. The molecule has 60 valence electrons. The monoisotopic (exact) mass is 168 g/mol. The van der Waals surface area contributed by atoms with Crippen LogP contribution in [0.5, 0.6) is 0 Å².